The number of carbonyl (C=O) groups is 1. The highest BCUT2D eigenvalue weighted by Gasteiger charge is 2.10. The van der Waals surface area contributed by atoms with Crippen molar-refractivity contribution in [1.29, 1.82) is 0 Å². The van der Waals surface area contributed by atoms with E-state index >= 15 is 0 Å². The maximum atomic E-state index is 11.8. The SMILES string of the molecule is CC(I)n1ccc2cc(C(=O)N(C)C)ccc21. The summed E-state index contributed by atoms with van der Waals surface area (Å²) in [6.07, 6.45) is 2.06. The number of hydrogen-bond donors (Lipinski definition) is 0. The quantitative estimate of drug-likeness (QED) is 0.607. The van der Waals surface area contributed by atoms with Crippen molar-refractivity contribution < 1.29 is 4.79 Å². The molecule has 1 aromatic carbocycles. The molecule has 0 aliphatic rings. The number of rotatable bonds is 2. The number of benzene rings is 1. The van der Waals surface area contributed by atoms with Crippen LogP contribution in [0.25, 0.3) is 10.9 Å². The smallest absolute Gasteiger partial charge is 0.253 e. The minimum atomic E-state index is 0.0437. The van der Waals surface area contributed by atoms with Crippen LogP contribution in [0.1, 0.15) is 21.3 Å². The van der Waals surface area contributed by atoms with Gasteiger partial charge < -0.3 is 9.47 Å². The van der Waals surface area contributed by atoms with Crippen LogP contribution in [0.15, 0.2) is 30.5 Å². The molecule has 2 rings (SSSR count). The molecule has 3 nitrogen and oxygen atoms in total. The summed E-state index contributed by atoms with van der Waals surface area (Å²) in [7, 11) is 3.54. The van der Waals surface area contributed by atoms with Crippen LogP contribution in [0.3, 0.4) is 0 Å². The lowest BCUT2D eigenvalue weighted by Crippen LogP contribution is -2.21. The van der Waals surface area contributed by atoms with Gasteiger partial charge in [-0.15, -0.1) is 0 Å². The molecule has 0 aliphatic heterocycles. The predicted molar refractivity (Wildman–Crippen MR) is 78.7 cm³/mol. The molecule has 0 saturated heterocycles. The van der Waals surface area contributed by atoms with Gasteiger partial charge in [0.05, 0.1) is 4.05 Å². The van der Waals surface area contributed by atoms with E-state index in [1.807, 2.05) is 18.2 Å². The zero-order chi connectivity index (χ0) is 12.6. The van der Waals surface area contributed by atoms with E-state index in [-0.39, 0.29) is 5.91 Å². The Kier molecular flexibility index (Phi) is 3.42. The molecule has 0 aliphatic carbocycles. The van der Waals surface area contributed by atoms with Crippen LogP contribution >= 0.6 is 22.6 Å². The molecule has 1 aromatic heterocycles. The summed E-state index contributed by atoms with van der Waals surface area (Å²) in [5, 5.41) is 1.11. The van der Waals surface area contributed by atoms with E-state index in [0.29, 0.717) is 4.05 Å². The van der Waals surface area contributed by atoms with Crippen molar-refractivity contribution in [2.24, 2.45) is 0 Å². The highest BCUT2D eigenvalue weighted by molar-refractivity contribution is 14.1. The third-order valence-electron chi connectivity index (χ3n) is 2.76. The summed E-state index contributed by atoms with van der Waals surface area (Å²) >= 11 is 2.37. The van der Waals surface area contributed by atoms with Crippen molar-refractivity contribution in [3.63, 3.8) is 0 Å². The molecule has 0 fully saturated rings. The summed E-state index contributed by atoms with van der Waals surface area (Å²) in [6, 6.07) is 7.91. The van der Waals surface area contributed by atoms with Crippen molar-refractivity contribution in [3.05, 3.63) is 36.0 Å². The standard InChI is InChI=1S/C13H15IN2O/c1-9(14)16-7-6-10-8-11(4-5-12(10)16)13(17)15(2)3/h4-9H,1-3H3. The van der Waals surface area contributed by atoms with Crippen molar-refractivity contribution in [2.45, 2.75) is 11.0 Å². The first-order valence-electron chi connectivity index (χ1n) is 5.47. The van der Waals surface area contributed by atoms with Gasteiger partial charge in [-0.2, -0.15) is 0 Å². The van der Waals surface area contributed by atoms with Crippen molar-refractivity contribution >= 4 is 39.4 Å². The largest absolute Gasteiger partial charge is 0.345 e. The molecule has 0 saturated carbocycles. The van der Waals surface area contributed by atoms with Gasteiger partial charge in [-0.05, 0) is 31.2 Å². The number of hydrogen-bond acceptors (Lipinski definition) is 1. The van der Waals surface area contributed by atoms with Gasteiger partial charge in [0.15, 0.2) is 0 Å². The summed E-state index contributed by atoms with van der Waals surface area (Å²) in [4.78, 5) is 13.4. The molecule has 1 atom stereocenters. The number of aromatic nitrogens is 1. The van der Waals surface area contributed by atoms with E-state index in [4.69, 9.17) is 0 Å². The first kappa shape index (κ1) is 12.4. The van der Waals surface area contributed by atoms with Gasteiger partial charge in [0, 0.05) is 36.8 Å². The fourth-order valence-electron chi connectivity index (χ4n) is 1.87. The lowest BCUT2D eigenvalue weighted by molar-refractivity contribution is 0.0828. The number of carbonyl (C=O) groups excluding carboxylic acids is 1. The molecule has 1 unspecified atom stereocenters. The molecule has 0 spiro atoms. The average Bonchev–Trinajstić information content (AvgIpc) is 2.70. The Balaban J connectivity index is 2.50. The summed E-state index contributed by atoms with van der Waals surface area (Å²) in [5.41, 5.74) is 1.91. The molecule has 0 N–H and O–H groups in total. The summed E-state index contributed by atoms with van der Waals surface area (Å²) < 4.78 is 2.60. The Labute approximate surface area is 115 Å². The average molecular weight is 342 g/mol. The minimum absolute atomic E-state index is 0.0437. The molecule has 1 amide bonds. The normalized spacial score (nSPS) is 12.7. The van der Waals surface area contributed by atoms with E-state index in [1.54, 1.807) is 19.0 Å². The van der Waals surface area contributed by atoms with Gasteiger partial charge in [-0.1, -0.05) is 22.6 Å². The highest BCUT2D eigenvalue weighted by Crippen LogP contribution is 2.24. The highest BCUT2D eigenvalue weighted by atomic mass is 127. The monoisotopic (exact) mass is 342 g/mol. The number of nitrogens with zero attached hydrogens (tertiary/aromatic N) is 2. The Morgan fingerprint density at radius 2 is 2.06 bits per heavy atom. The topological polar surface area (TPSA) is 25.2 Å². The van der Waals surface area contributed by atoms with E-state index in [9.17, 15) is 4.79 Å². The number of alkyl halides is 1. The Morgan fingerprint density at radius 3 is 2.65 bits per heavy atom. The van der Waals surface area contributed by atoms with E-state index in [2.05, 4.69) is 46.3 Å². The zero-order valence-electron chi connectivity index (χ0n) is 10.1. The second kappa shape index (κ2) is 4.68. The fourth-order valence-corrected chi connectivity index (χ4v) is 2.35. The van der Waals surface area contributed by atoms with Crippen molar-refractivity contribution in [3.8, 4) is 0 Å². The Morgan fingerprint density at radius 1 is 1.35 bits per heavy atom. The second-order valence-corrected chi connectivity index (χ2v) is 6.07. The minimum Gasteiger partial charge on any atom is -0.345 e. The van der Waals surface area contributed by atoms with Gasteiger partial charge in [0.2, 0.25) is 0 Å². The third kappa shape index (κ3) is 2.31. The molecule has 17 heavy (non-hydrogen) atoms. The summed E-state index contributed by atoms with van der Waals surface area (Å²) in [5.74, 6) is 0.0437. The third-order valence-corrected chi connectivity index (χ3v) is 3.36. The first-order valence-corrected chi connectivity index (χ1v) is 6.71. The lowest BCUT2D eigenvalue weighted by atomic mass is 10.1. The van der Waals surface area contributed by atoms with Crippen molar-refractivity contribution in [1.82, 2.24) is 9.47 Å². The molecule has 90 valence electrons. The van der Waals surface area contributed by atoms with Gasteiger partial charge in [-0.3, -0.25) is 4.79 Å². The molecular formula is C13H15IN2O. The number of fused-ring (bicyclic) bond motifs is 1. The summed E-state index contributed by atoms with van der Waals surface area (Å²) in [6.45, 7) is 2.14. The van der Waals surface area contributed by atoms with Crippen LogP contribution < -0.4 is 0 Å². The molecule has 0 bridgehead atoms. The van der Waals surface area contributed by atoms with Crippen LogP contribution in [0, 0.1) is 0 Å². The maximum absolute atomic E-state index is 11.8. The molecular weight excluding hydrogens is 327 g/mol. The predicted octanol–water partition coefficient (Wildman–Crippen LogP) is 3.30. The Bertz CT molecular complexity index is 558. The van der Waals surface area contributed by atoms with Crippen LogP contribution in [-0.4, -0.2) is 29.5 Å². The first-order chi connectivity index (χ1) is 8.00. The lowest BCUT2D eigenvalue weighted by Gasteiger charge is -2.11. The maximum Gasteiger partial charge on any atom is 0.253 e. The fraction of sp³-hybridized carbons (Fsp3) is 0.308. The molecule has 2 aromatic rings. The van der Waals surface area contributed by atoms with Crippen LogP contribution in [-0.2, 0) is 0 Å². The Hall–Kier alpha value is -1.04. The van der Waals surface area contributed by atoms with Gasteiger partial charge in [-0.25, -0.2) is 0 Å². The second-order valence-electron chi connectivity index (χ2n) is 4.27. The van der Waals surface area contributed by atoms with Crippen LogP contribution in [0.5, 0.6) is 0 Å². The van der Waals surface area contributed by atoms with Gasteiger partial charge in [0.1, 0.15) is 0 Å². The number of amides is 1. The van der Waals surface area contributed by atoms with Gasteiger partial charge >= 0.3 is 0 Å². The van der Waals surface area contributed by atoms with Crippen molar-refractivity contribution in [2.75, 3.05) is 14.1 Å². The number of halogens is 1. The van der Waals surface area contributed by atoms with E-state index in [1.165, 1.54) is 5.52 Å². The molecule has 4 heteroatoms. The molecule has 1 heterocycles. The van der Waals surface area contributed by atoms with Crippen LogP contribution in [0.4, 0.5) is 0 Å². The zero-order valence-corrected chi connectivity index (χ0v) is 12.3. The van der Waals surface area contributed by atoms with E-state index < -0.39 is 0 Å². The van der Waals surface area contributed by atoms with Gasteiger partial charge in [0.25, 0.3) is 5.91 Å². The van der Waals surface area contributed by atoms with Crippen LogP contribution in [0.2, 0.25) is 0 Å². The molecule has 0 radical (unpaired) electrons. The van der Waals surface area contributed by atoms with E-state index in [0.717, 1.165) is 10.9 Å².